The molecule has 1 aliphatic rings. The normalized spacial score (nSPS) is 14.6. The van der Waals surface area contributed by atoms with E-state index >= 15 is 0 Å². The molecule has 2 heterocycles. The van der Waals surface area contributed by atoms with Gasteiger partial charge in [-0.25, -0.2) is 18.4 Å². The van der Waals surface area contributed by atoms with Crippen molar-refractivity contribution in [1.29, 1.82) is 0 Å². The maximum atomic E-state index is 13.2. The number of piperazine rings is 1. The number of sulfonamides is 1. The zero-order valence-electron chi connectivity index (χ0n) is 20.5. The highest BCUT2D eigenvalue weighted by Crippen LogP contribution is 2.28. The molecule has 1 aromatic heterocycles. The maximum absolute atomic E-state index is 13.2. The Hall–Kier alpha value is -3.46. The minimum absolute atomic E-state index is 0.134. The number of rotatable bonds is 5. The van der Waals surface area contributed by atoms with Crippen LogP contribution < -0.4 is 9.62 Å². The van der Waals surface area contributed by atoms with E-state index in [1.54, 1.807) is 60.6 Å². The van der Waals surface area contributed by atoms with Gasteiger partial charge in [0.15, 0.2) is 0 Å². The first-order valence-electron chi connectivity index (χ1n) is 11.6. The quantitative estimate of drug-likeness (QED) is 0.580. The topological polar surface area (TPSA) is 95.5 Å². The number of benzene rings is 2. The van der Waals surface area contributed by atoms with Gasteiger partial charge in [-0.05, 0) is 53.8 Å². The first-order chi connectivity index (χ1) is 16.5. The lowest BCUT2D eigenvalue weighted by molar-refractivity contribution is 0.0746. The fraction of sp³-hybridized carbons (Fsp3) is 0.346. The Morgan fingerprint density at radius 3 is 2.29 bits per heavy atom. The van der Waals surface area contributed by atoms with Gasteiger partial charge < -0.3 is 9.80 Å². The third kappa shape index (κ3) is 5.62. The van der Waals surface area contributed by atoms with Crippen molar-refractivity contribution in [3.63, 3.8) is 0 Å². The Bertz CT molecular complexity index is 1310. The van der Waals surface area contributed by atoms with Crippen molar-refractivity contribution in [1.82, 2.24) is 14.9 Å². The van der Waals surface area contributed by atoms with Gasteiger partial charge in [-0.1, -0.05) is 39.0 Å². The summed E-state index contributed by atoms with van der Waals surface area (Å²) in [5.41, 5.74) is 2.22. The number of carbonyl (C=O) groups is 1. The van der Waals surface area contributed by atoms with Crippen LogP contribution in [0.4, 0.5) is 11.6 Å². The number of nitrogens with zero attached hydrogens (tertiary/aromatic N) is 4. The molecule has 9 heteroatoms. The lowest BCUT2D eigenvalue weighted by Crippen LogP contribution is -2.49. The van der Waals surface area contributed by atoms with Crippen molar-refractivity contribution in [2.75, 3.05) is 35.8 Å². The molecule has 8 nitrogen and oxygen atoms in total. The molecule has 2 aromatic carbocycles. The van der Waals surface area contributed by atoms with Gasteiger partial charge in [0, 0.05) is 49.8 Å². The average Bonchev–Trinajstić information content (AvgIpc) is 2.83. The Balaban J connectivity index is 1.48. The van der Waals surface area contributed by atoms with E-state index < -0.39 is 10.0 Å². The average molecular weight is 494 g/mol. The zero-order chi connectivity index (χ0) is 25.2. The SMILES string of the molecule is Cc1ccc(C(C)(C)C)cc1S(=O)(=O)Nc1cccc(C(=O)N2CCN(c3ncccn3)CC2)c1. The third-order valence-corrected chi connectivity index (χ3v) is 7.63. The van der Waals surface area contributed by atoms with Crippen molar-refractivity contribution in [2.45, 2.75) is 38.0 Å². The molecule has 0 atom stereocenters. The third-order valence-electron chi connectivity index (χ3n) is 6.11. The fourth-order valence-electron chi connectivity index (χ4n) is 4.03. The number of amides is 1. The van der Waals surface area contributed by atoms with Crippen molar-refractivity contribution in [2.24, 2.45) is 0 Å². The van der Waals surface area contributed by atoms with E-state index in [9.17, 15) is 13.2 Å². The van der Waals surface area contributed by atoms with Crippen LogP contribution in [0.3, 0.4) is 0 Å². The van der Waals surface area contributed by atoms with E-state index in [2.05, 4.69) is 14.7 Å². The van der Waals surface area contributed by atoms with Crippen molar-refractivity contribution >= 4 is 27.6 Å². The lowest BCUT2D eigenvalue weighted by Gasteiger charge is -2.34. The van der Waals surface area contributed by atoms with Gasteiger partial charge in [0.2, 0.25) is 5.95 Å². The van der Waals surface area contributed by atoms with E-state index in [1.807, 2.05) is 37.8 Å². The molecule has 0 saturated carbocycles. The molecular formula is C26H31N5O3S. The summed E-state index contributed by atoms with van der Waals surface area (Å²) >= 11 is 0. The highest BCUT2D eigenvalue weighted by atomic mass is 32.2. The van der Waals surface area contributed by atoms with E-state index in [0.717, 1.165) is 5.56 Å². The van der Waals surface area contributed by atoms with Crippen molar-refractivity contribution < 1.29 is 13.2 Å². The van der Waals surface area contributed by atoms with Gasteiger partial charge in [0.1, 0.15) is 0 Å². The first-order valence-corrected chi connectivity index (χ1v) is 13.1. The highest BCUT2D eigenvalue weighted by Gasteiger charge is 2.25. The Kier molecular flexibility index (Phi) is 6.80. The molecule has 35 heavy (non-hydrogen) atoms. The van der Waals surface area contributed by atoms with Crippen LogP contribution in [0.15, 0.2) is 65.8 Å². The number of aromatic nitrogens is 2. The molecule has 1 aliphatic heterocycles. The molecule has 1 N–H and O–H groups in total. The summed E-state index contributed by atoms with van der Waals surface area (Å²) in [6, 6.07) is 13.9. The first kappa shape index (κ1) is 24.7. The summed E-state index contributed by atoms with van der Waals surface area (Å²) in [6.45, 7) is 10.2. The molecule has 3 aromatic rings. The smallest absolute Gasteiger partial charge is 0.262 e. The van der Waals surface area contributed by atoms with E-state index in [1.165, 1.54) is 0 Å². The Labute approximate surface area is 207 Å². The second-order valence-corrected chi connectivity index (χ2v) is 11.4. The summed E-state index contributed by atoms with van der Waals surface area (Å²) in [5, 5.41) is 0. The number of hydrogen-bond donors (Lipinski definition) is 1. The molecule has 4 rings (SSSR count). The second-order valence-electron chi connectivity index (χ2n) is 9.74. The van der Waals surface area contributed by atoms with Gasteiger partial charge in [0.25, 0.3) is 15.9 Å². The number of carbonyl (C=O) groups excluding carboxylic acids is 1. The number of hydrogen-bond acceptors (Lipinski definition) is 6. The van der Waals surface area contributed by atoms with Gasteiger partial charge in [-0.15, -0.1) is 0 Å². The van der Waals surface area contributed by atoms with Crippen LogP contribution in [-0.2, 0) is 15.4 Å². The maximum Gasteiger partial charge on any atom is 0.262 e. The van der Waals surface area contributed by atoms with Crippen molar-refractivity contribution in [3.05, 3.63) is 77.6 Å². The molecule has 0 unspecified atom stereocenters. The lowest BCUT2D eigenvalue weighted by atomic mass is 9.87. The van der Waals surface area contributed by atoms with Gasteiger partial charge in [-0.2, -0.15) is 0 Å². The molecule has 0 spiro atoms. The second kappa shape index (κ2) is 9.65. The molecule has 0 aliphatic carbocycles. The van der Waals surface area contributed by atoms with Crippen LogP contribution in [0.1, 0.15) is 42.3 Å². The standard InChI is InChI=1S/C26H31N5O3S/c1-19-9-10-21(26(2,3)4)18-23(19)35(33,34)29-22-8-5-7-20(17-22)24(32)30-13-15-31(16-14-30)25-27-11-6-12-28-25/h5-12,17-18,29H,13-16H2,1-4H3. The zero-order valence-corrected chi connectivity index (χ0v) is 21.3. The predicted octanol–water partition coefficient (Wildman–Crippen LogP) is 3.85. The van der Waals surface area contributed by atoms with Crippen LogP contribution in [0.2, 0.25) is 0 Å². The molecular weight excluding hydrogens is 462 g/mol. The van der Waals surface area contributed by atoms with E-state index in [4.69, 9.17) is 0 Å². The summed E-state index contributed by atoms with van der Waals surface area (Å²) in [5.74, 6) is 0.521. The van der Waals surface area contributed by atoms with Crippen LogP contribution in [0, 0.1) is 6.92 Å². The number of nitrogens with one attached hydrogen (secondary N) is 1. The fourth-order valence-corrected chi connectivity index (χ4v) is 5.35. The summed E-state index contributed by atoms with van der Waals surface area (Å²) < 4.78 is 29.1. The van der Waals surface area contributed by atoms with Crippen LogP contribution in [-0.4, -0.2) is 55.4 Å². The van der Waals surface area contributed by atoms with Crippen LogP contribution in [0.25, 0.3) is 0 Å². The molecule has 1 saturated heterocycles. The van der Waals surface area contributed by atoms with Gasteiger partial charge >= 0.3 is 0 Å². The van der Waals surface area contributed by atoms with E-state index in [-0.39, 0.29) is 16.2 Å². The monoisotopic (exact) mass is 493 g/mol. The summed E-state index contributed by atoms with van der Waals surface area (Å²) in [4.78, 5) is 25.7. The largest absolute Gasteiger partial charge is 0.337 e. The van der Waals surface area contributed by atoms with Crippen LogP contribution in [0.5, 0.6) is 0 Å². The Morgan fingerprint density at radius 2 is 1.63 bits per heavy atom. The summed E-state index contributed by atoms with van der Waals surface area (Å²) in [6.07, 6.45) is 3.40. The summed E-state index contributed by atoms with van der Waals surface area (Å²) in [7, 11) is -3.83. The van der Waals surface area contributed by atoms with Crippen LogP contribution >= 0.6 is 0 Å². The molecule has 184 valence electrons. The number of aryl methyl sites for hydroxylation is 1. The molecule has 0 bridgehead atoms. The number of anilines is 2. The van der Waals surface area contributed by atoms with E-state index in [0.29, 0.717) is 48.9 Å². The van der Waals surface area contributed by atoms with Gasteiger partial charge in [0.05, 0.1) is 4.90 Å². The molecule has 1 amide bonds. The van der Waals surface area contributed by atoms with Gasteiger partial charge in [-0.3, -0.25) is 9.52 Å². The van der Waals surface area contributed by atoms with Crippen molar-refractivity contribution in [3.8, 4) is 0 Å². The highest BCUT2D eigenvalue weighted by molar-refractivity contribution is 7.92. The predicted molar refractivity (Wildman–Crippen MR) is 137 cm³/mol. The molecule has 1 fully saturated rings. The minimum Gasteiger partial charge on any atom is -0.337 e. The minimum atomic E-state index is -3.83. The Morgan fingerprint density at radius 1 is 0.943 bits per heavy atom. The molecule has 0 radical (unpaired) electrons.